The van der Waals surface area contributed by atoms with Crippen LogP contribution in [0.15, 0.2) is 18.2 Å². The van der Waals surface area contributed by atoms with Crippen LogP contribution in [0.3, 0.4) is 0 Å². The highest BCUT2D eigenvalue weighted by molar-refractivity contribution is 7.15. The summed E-state index contributed by atoms with van der Waals surface area (Å²) in [4.78, 5) is 20.1. The highest BCUT2D eigenvalue weighted by Gasteiger charge is 2.10. The summed E-state index contributed by atoms with van der Waals surface area (Å²) < 4.78 is 0. The second-order valence-corrected chi connectivity index (χ2v) is 5.72. The summed E-state index contributed by atoms with van der Waals surface area (Å²) in [6, 6.07) is 6.25. The molecule has 1 aromatic heterocycles. The lowest BCUT2D eigenvalue weighted by atomic mass is 10.1. The molecule has 1 heterocycles. The minimum atomic E-state index is -0.763. The van der Waals surface area contributed by atoms with Crippen LogP contribution in [0.2, 0.25) is 0 Å². The number of benzene rings is 1. The predicted octanol–water partition coefficient (Wildman–Crippen LogP) is 3.49. The first-order chi connectivity index (χ1) is 9.47. The number of rotatable bonds is 5. The molecule has 0 bridgehead atoms. The van der Waals surface area contributed by atoms with Crippen molar-refractivity contribution < 1.29 is 9.92 Å². The summed E-state index contributed by atoms with van der Waals surface area (Å²) in [5.41, 5.74) is 4.48. The Bertz CT molecular complexity index is 637. The van der Waals surface area contributed by atoms with Crippen molar-refractivity contribution in [1.82, 2.24) is 4.98 Å². The number of hydrogen-bond donors (Lipinski definition) is 0. The van der Waals surface area contributed by atoms with Crippen LogP contribution in [0.25, 0.3) is 10.6 Å². The zero-order valence-electron chi connectivity index (χ0n) is 11.7. The lowest BCUT2D eigenvalue weighted by molar-refractivity contribution is -0.757. The van der Waals surface area contributed by atoms with E-state index in [4.69, 9.17) is 0 Å². The van der Waals surface area contributed by atoms with Crippen molar-refractivity contribution in [2.75, 3.05) is 6.61 Å². The first kappa shape index (κ1) is 14.5. The average Bonchev–Trinajstić information content (AvgIpc) is 2.74. The molecule has 0 aliphatic carbocycles. The van der Waals surface area contributed by atoms with Crippen LogP contribution >= 0.6 is 11.3 Å². The summed E-state index contributed by atoms with van der Waals surface area (Å²) in [6.45, 7) is 6.14. The van der Waals surface area contributed by atoms with Gasteiger partial charge in [0, 0.05) is 16.9 Å². The van der Waals surface area contributed by atoms with E-state index >= 15 is 0 Å². The molecule has 0 saturated heterocycles. The zero-order valence-corrected chi connectivity index (χ0v) is 12.5. The third-order valence-electron chi connectivity index (χ3n) is 3.17. The third-order valence-corrected chi connectivity index (χ3v) is 4.44. The number of aromatic nitrogens is 1. The number of hydrogen-bond acceptors (Lipinski definition) is 5. The van der Waals surface area contributed by atoms with Crippen molar-refractivity contribution in [2.45, 2.75) is 27.2 Å². The van der Waals surface area contributed by atoms with Crippen molar-refractivity contribution in [3.63, 3.8) is 0 Å². The SMILES string of the molecule is Cc1ccc(-c2nc(C)c(CCO[N+](=O)[O-])s2)cc1C. The van der Waals surface area contributed by atoms with E-state index < -0.39 is 5.09 Å². The van der Waals surface area contributed by atoms with E-state index in [1.807, 2.05) is 6.92 Å². The number of thiazole rings is 1. The van der Waals surface area contributed by atoms with Gasteiger partial charge >= 0.3 is 0 Å². The molecule has 0 N–H and O–H groups in total. The molecule has 0 aliphatic heterocycles. The molecule has 0 spiro atoms. The maximum absolute atomic E-state index is 10.1. The molecule has 5 nitrogen and oxygen atoms in total. The average molecular weight is 292 g/mol. The highest BCUT2D eigenvalue weighted by Crippen LogP contribution is 2.29. The van der Waals surface area contributed by atoms with Gasteiger partial charge in [0.05, 0.1) is 5.69 Å². The molecule has 20 heavy (non-hydrogen) atoms. The molecule has 0 aliphatic rings. The lowest BCUT2D eigenvalue weighted by Crippen LogP contribution is -2.04. The Balaban J connectivity index is 2.17. The van der Waals surface area contributed by atoms with E-state index in [0.29, 0.717) is 6.42 Å². The van der Waals surface area contributed by atoms with Crippen LogP contribution in [-0.2, 0) is 11.3 Å². The Morgan fingerprint density at radius 3 is 2.70 bits per heavy atom. The van der Waals surface area contributed by atoms with Gasteiger partial charge in [0.15, 0.2) is 0 Å². The fourth-order valence-electron chi connectivity index (χ4n) is 1.87. The number of aryl methyl sites for hydroxylation is 3. The Labute approximate surface area is 121 Å². The van der Waals surface area contributed by atoms with Gasteiger partial charge in [-0.2, -0.15) is 0 Å². The Morgan fingerprint density at radius 1 is 1.30 bits per heavy atom. The van der Waals surface area contributed by atoms with Crippen molar-refractivity contribution >= 4 is 11.3 Å². The largest absolute Gasteiger partial charge is 0.314 e. The van der Waals surface area contributed by atoms with Crippen LogP contribution in [0.1, 0.15) is 21.7 Å². The predicted molar refractivity (Wildman–Crippen MR) is 78.4 cm³/mol. The van der Waals surface area contributed by atoms with E-state index in [2.05, 4.69) is 41.9 Å². The quantitative estimate of drug-likeness (QED) is 0.625. The molecule has 0 unspecified atom stereocenters. The van der Waals surface area contributed by atoms with Crippen LogP contribution in [-0.4, -0.2) is 16.7 Å². The second kappa shape index (κ2) is 6.00. The van der Waals surface area contributed by atoms with Crippen LogP contribution in [0.4, 0.5) is 0 Å². The van der Waals surface area contributed by atoms with Crippen LogP contribution in [0.5, 0.6) is 0 Å². The molecular formula is C14H16N2O3S. The first-order valence-corrected chi connectivity index (χ1v) is 7.10. The maximum Gasteiger partial charge on any atom is 0.294 e. The molecule has 106 valence electrons. The van der Waals surface area contributed by atoms with Gasteiger partial charge in [-0.3, -0.25) is 0 Å². The summed E-state index contributed by atoms with van der Waals surface area (Å²) in [6.07, 6.45) is 0.509. The monoisotopic (exact) mass is 292 g/mol. The fourth-order valence-corrected chi connectivity index (χ4v) is 2.91. The molecule has 0 saturated carbocycles. The standard InChI is InChI=1S/C14H16N2O3S/c1-9-4-5-12(8-10(9)2)14-15-11(3)13(20-14)6-7-19-16(17)18/h4-5,8H,6-7H2,1-3H3. The first-order valence-electron chi connectivity index (χ1n) is 6.28. The minimum Gasteiger partial charge on any atom is -0.314 e. The van der Waals surface area contributed by atoms with Gasteiger partial charge in [-0.15, -0.1) is 21.5 Å². The smallest absolute Gasteiger partial charge is 0.294 e. The van der Waals surface area contributed by atoms with Crippen molar-refractivity contribution in [3.8, 4) is 10.6 Å². The van der Waals surface area contributed by atoms with Gasteiger partial charge in [0.2, 0.25) is 0 Å². The Kier molecular flexibility index (Phi) is 4.34. The fraction of sp³-hybridized carbons (Fsp3) is 0.357. The Hall–Kier alpha value is -1.95. The van der Waals surface area contributed by atoms with Crippen LogP contribution in [0, 0.1) is 30.9 Å². The zero-order chi connectivity index (χ0) is 14.7. The molecule has 0 atom stereocenters. The summed E-state index contributed by atoms with van der Waals surface area (Å²) >= 11 is 1.57. The summed E-state index contributed by atoms with van der Waals surface area (Å²) in [5.74, 6) is 0. The lowest BCUT2D eigenvalue weighted by Gasteiger charge is -2.01. The van der Waals surface area contributed by atoms with Crippen LogP contribution < -0.4 is 0 Å². The molecule has 0 fully saturated rings. The van der Waals surface area contributed by atoms with Gasteiger partial charge in [0.1, 0.15) is 11.6 Å². The molecule has 0 amide bonds. The molecule has 0 radical (unpaired) electrons. The van der Waals surface area contributed by atoms with Crippen molar-refractivity contribution in [3.05, 3.63) is 50.0 Å². The molecule has 1 aromatic carbocycles. The topological polar surface area (TPSA) is 65.3 Å². The molecule has 6 heteroatoms. The Morgan fingerprint density at radius 2 is 2.05 bits per heavy atom. The van der Waals surface area contributed by atoms with Crippen molar-refractivity contribution in [1.29, 1.82) is 0 Å². The molecule has 2 aromatic rings. The van der Waals surface area contributed by atoms with E-state index in [-0.39, 0.29) is 6.61 Å². The second-order valence-electron chi connectivity index (χ2n) is 4.63. The highest BCUT2D eigenvalue weighted by atomic mass is 32.1. The van der Waals surface area contributed by atoms with E-state index in [9.17, 15) is 10.1 Å². The summed E-state index contributed by atoms with van der Waals surface area (Å²) in [5, 5.41) is 10.3. The molecular weight excluding hydrogens is 276 g/mol. The van der Waals surface area contributed by atoms with Gasteiger partial charge in [-0.25, -0.2) is 4.98 Å². The third kappa shape index (κ3) is 3.33. The van der Waals surface area contributed by atoms with Gasteiger partial charge < -0.3 is 4.84 Å². The van der Waals surface area contributed by atoms with E-state index in [1.54, 1.807) is 11.3 Å². The van der Waals surface area contributed by atoms with Gasteiger partial charge in [0.25, 0.3) is 5.09 Å². The molecule has 2 rings (SSSR count). The van der Waals surface area contributed by atoms with Gasteiger partial charge in [-0.05, 0) is 38.0 Å². The summed E-state index contributed by atoms with van der Waals surface area (Å²) in [7, 11) is 0. The van der Waals surface area contributed by atoms with Crippen molar-refractivity contribution in [2.24, 2.45) is 0 Å². The maximum atomic E-state index is 10.1. The number of nitrogens with zero attached hydrogens (tertiary/aromatic N) is 2. The minimum absolute atomic E-state index is 0.0718. The van der Waals surface area contributed by atoms with E-state index in [0.717, 1.165) is 21.1 Å². The van der Waals surface area contributed by atoms with Gasteiger partial charge in [-0.1, -0.05) is 12.1 Å². The normalized spacial score (nSPS) is 10.6. The van der Waals surface area contributed by atoms with E-state index in [1.165, 1.54) is 11.1 Å².